The van der Waals surface area contributed by atoms with Gasteiger partial charge in [0.1, 0.15) is 11.6 Å². The van der Waals surface area contributed by atoms with E-state index in [0.29, 0.717) is 17.1 Å². The maximum absolute atomic E-state index is 9.75. The number of aromatic hydroxyl groups is 1. The van der Waals surface area contributed by atoms with E-state index in [1.807, 2.05) is 19.3 Å². The number of benzene rings is 1. The van der Waals surface area contributed by atoms with Gasteiger partial charge in [0, 0.05) is 36.4 Å². The molecule has 2 rings (SSSR count). The van der Waals surface area contributed by atoms with Crippen molar-refractivity contribution < 1.29 is 5.11 Å². The molecular weight excluding hydrogens is 261 g/mol. The SMILES string of the molecule is Cn1ccc(NCc2cc(Cl)cc(Cl)c2O)n1. The van der Waals surface area contributed by atoms with E-state index in [0.717, 1.165) is 5.82 Å². The van der Waals surface area contributed by atoms with Gasteiger partial charge in [0.25, 0.3) is 0 Å². The third-order valence-electron chi connectivity index (χ3n) is 2.28. The summed E-state index contributed by atoms with van der Waals surface area (Å²) >= 11 is 11.7. The molecule has 1 heterocycles. The Morgan fingerprint density at radius 3 is 2.82 bits per heavy atom. The quantitative estimate of drug-likeness (QED) is 0.902. The maximum Gasteiger partial charge on any atom is 0.148 e. The van der Waals surface area contributed by atoms with E-state index >= 15 is 0 Å². The Balaban J connectivity index is 2.14. The summed E-state index contributed by atoms with van der Waals surface area (Å²) in [6.45, 7) is 0.406. The van der Waals surface area contributed by atoms with E-state index in [4.69, 9.17) is 23.2 Å². The number of nitrogens with zero attached hydrogens (tertiary/aromatic N) is 2. The van der Waals surface area contributed by atoms with E-state index in [2.05, 4.69) is 10.4 Å². The number of hydrogen-bond donors (Lipinski definition) is 2. The van der Waals surface area contributed by atoms with Crippen LogP contribution in [0.25, 0.3) is 0 Å². The van der Waals surface area contributed by atoms with Gasteiger partial charge in [0.05, 0.1) is 5.02 Å². The molecule has 1 aromatic heterocycles. The van der Waals surface area contributed by atoms with Gasteiger partial charge in [-0.25, -0.2) is 0 Å². The number of anilines is 1. The maximum atomic E-state index is 9.75. The van der Waals surface area contributed by atoms with Gasteiger partial charge in [-0.1, -0.05) is 23.2 Å². The second kappa shape index (κ2) is 4.85. The minimum atomic E-state index is 0.0412. The fourth-order valence-corrected chi connectivity index (χ4v) is 1.98. The molecule has 0 aliphatic rings. The smallest absolute Gasteiger partial charge is 0.148 e. The second-order valence-corrected chi connectivity index (χ2v) is 4.47. The lowest BCUT2D eigenvalue weighted by atomic mass is 10.2. The summed E-state index contributed by atoms with van der Waals surface area (Å²) in [5.74, 6) is 0.766. The van der Waals surface area contributed by atoms with Gasteiger partial charge in [0.15, 0.2) is 0 Å². The zero-order valence-electron chi connectivity index (χ0n) is 9.11. The summed E-state index contributed by atoms with van der Waals surface area (Å²) in [6, 6.07) is 5.00. The predicted molar refractivity (Wildman–Crippen MR) is 68.7 cm³/mol. The number of rotatable bonds is 3. The molecule has 0 aliphatic carbocycles. The molecule has 6 heteroatoms. The van der Waals surface area contributed by atoms with Crippen molar-refractivity contribution in [3.8, 4) is 5.75 Å². The van der Waals surface area contributed by atoms with Crippen molar-refractivity contribution in [3.63, 3.8) is 0 Å². The lowest BCUT2D eigenvalue weighted by Gasteiger charge is -2.08. The van der Waals surface area contributed by atoms with Crippen LogP contribution in [0.2, 0.25) is 10.0 Å². The molecule has 0 atom stereocenters. The number of phenolic OH excluding ortho intramolecular Hbond substituents is 1. The normalized spacial score (nSPS) is 10.5. The Labute approximate surface area is 109 Å². The van der Waals surface area contributed by atoms with Crippen LogP contribution in [0.5, 0.6) is 5.75 Å². The second-order valence-electron chi connectivity index (χ2n) is 3.62. The summed E-state index contributed by atoms with van der Waals surface area (Å²) in [7, 11) is 1.83. The van der Waals surface area contributed by atoms with Crippen LogP contribution in [0.4, 0.5) is 5.82 Å². The van der Waals surface area contributed by atoms with Crippen molar-refractivity contribution in [2.75, 3.05) is 5.32 Å². The molecule has 2 N–H and O–H groups in total. The van der Waals surface area contributed by atoms with E-state index in [-0.39, 0.29) is 10.8 Å². The number of aromatic nitrogens is 2. The fraction of sp³-hybridized carbons (Fsp3) is 0.182. The number of hydrogen-bond acceptors (Lipinski definition) is 3. The number of halogens is 2. The van der Waals surface area contributed by atoms with Crippen LogP contribution >= 0.6 is 23.2 Å². The summed E-state index contributed by atoms with van der Waals surface area (Å²) in [6.07, 6.45) is 1.83. The van der Waals surface area contributed by atoms with Gasteiger partial charge in [-0.05, 0) is 12.1 Å². The van der Waals surface area contributed by atoms with Crippen LogP contribution in [0, 0.1) is 0 Å². The highest BCUT2D eigenvalue weighted by Gasteiger charge is 2.08. The van der Waals surface area contributed by atoms with E-state index in [9.17, 15) is 5.11 Å². The molecule has 0 bridgehead atoms. The molecule has 0 saturated carbocycles. The van der Waals surface area contributed by atoms with Gasteiger partial charge in [0.2, 0.25) is 0 Å². The largest absolute Gasteiger partial charge is 0.506 e. The van der Waals surface area contributed by atoms with Gasteiger partial charge >= 0.3 is 0 Å². The summed E-state index contributed by atoms with van der Waals surface area (Å²) in [5, 5.41) is 17.7. The molecule has 0 radical (unpaired) electrons. The number of phenols is 1. The van der Waals surface area contributed by atoms with E-state index in [1.54, 1.807) is 10.7 Å². The first-order valence-electron chi connectivity index (χ1n) is 4.96. The van der Waals surface area contributed by atoms with Crippen molar-refractivity contribution in [3.05, 3.63) is 40.0 Å². The lowest BCUT2D eigenvalue weighted by Crippen LogP contribution is -2.01. The zero-order valence-corrected chi connectivity index (χ0v) is 10.6. The van der Waals surface area contributed by atoms with Crippen molar-refractivity contribution in [1.29, 1.82) is 0 Å². The molecule has 90 valence electrons. The molecule has 0 fully saturated rings. The summed E-state index contributed by atoms with van der Waals surface area (Å²) in [5.41, 5.74) is 0.633. The zero-order chi connectivity index (χ0) is 12.4. The minimum absolute atomic E-state index is 0.0412. The first-order valence-corrected chi connectivity index (χ1v) is 5.72. The lowest BCUT2D eigenvalue weighted by molar-refractivity contribution is 0.469. The Bertz CT molecular complexity index is 540. The summed E-state index contributed by atoms with van der Waals surface area (Å²) < 4.78 is 1.69. The van der Waals surface area contributed by atoms with E-state index < -0.39 is 0 Å². The molecule has 1 aromatic carbocycles. The molecule has 0 amide bonds. The standard InChI is InChI=1S/C11H11Cl2N3O/c1-16-3-2-10(15-16)14-6-7-4-8(12)5-9(13)11(7)17/h2-5,17H,6H2,1H3,(H,14,15). The molecule has 0 saturated heterocycles. The molecule has 0 aliphatic heterocycles. The van der Waals surface area contributed by atoms with Crippen molar-refractivity contribution >= 4 is 29.0 Å². The molecular formula is C11H11Cl2N3O. The minimum Gasteiger partial charge on any atom is -0.506 e. The van der Waals surface area contributed by atoms with Crippen LogP contribution in [0.3, 0.4) is 0 Å². The van der Waals surface area contributed by atoms with Crippen LogP contribution in [0.15, 0.2) is 24.4 Å². The molecule has 17 heavy (non-hydrogen) atoms. The van der Waals surface area contributed by atoms with Crippen LogP contribution < -0.4 is 5.32 Å². The molecule has 0 spiro atoms. The Morgan fingerprint density at radius 2 is 2.18 bits per heavy atom. The highest BCUT2D eigenvalue weighted by Crippen LogP contribution is 2.31. The van der Waals surface area contributed by atoms with Crippen molar-refractivity contribution in [1.82, 2.24) is 9.78 Å². The van der Waals surface area contributed by atoms with Crippen LogP contribution in [-0.2, 0) is 13.6 Å². The van der Waals surface area contributed by atoms with Crippen LogP contribution in [-0.4, -0.2) is 14.9 Å². The summed E-state index contributed by atoms with van der Waals surface area (Å²) in [4.78, 5) is 0. The molecule has 2 aromatic rings. The highest BCUT2D eigenvalue weighted by atomic mass is 35.5. The highest BCUT2D eigenvalue weighted by molar-refractivity contribution is 6.35. The van der Waals surface area contributed by atoms with Gasteiger partial charge in [-0.2, -0.15) is 5.10 Å². The van der Waals surface area contributed by atoms with Crippen LogP contribution in [0.1, 0.15) is 5.56 Å². The van der Waals surface area contributed by atoms with Crippen molar-refractivity contribution in [2.45, 2.75) is 6.54 Å². The van der Waals surface area contributed by atoms with Gasteiger partial charge in [-0.3, -0.25) is 4.68 Å². The number of aryl methyl sites for hydroxylation is 1. The monoisotopic (exact) mass is 271 g/mol. The third-order valence-corrected chi connectivity index (χ3v) is 2.79. The first kappa shape index (κ1) is 12.1. The average molecular weight is 272 g/mol. The first-order chi connectivity index (χ1) is 8.06. The van der Waals surface area contributed by atoms with Gasteiger partial charge < -0.3 is 10.4 Å². The topological polar surface area (TPSA) is 50.1 Å². The molecule has 0 unspecified atom stereocenters. The third kappa shape index (κ3) is 2.84. The number of nitrogens with one attached hydrogen (secondary N) is 1. The molecule has 4 nitrogen and oxygen atoms in total. The fourth-order valence-electron chi connectivity index (χ4n) is 1.45. The van der Waals surface area contributed by atoms with Gasteiger partial charge in [-0.15, -0.1) is 0 Å². The Morgan fingerprint density at radius 1 is 1.41 bits per heavy atom. The van der Waals surface area contributed by atoms with E-state index in [1.165, 1.54) is 6.07 Å². The Hall–Kier alpha value is -1.39. The van der Waals surface area contributed by atoms with Crippen molar-refractivity contribution in [2.24, 2.45) is 7.05 Å². The predicted octanol–water partition coefficient (Wildman–Crippen LogP) is 3.04. The Kier molecular flexibility index (Phi) is 3.45. The average Bonchev–Trinajstić information content (AvgIpc) is 2.67.